The molecule has 1 aromatic heterocycles. The summed E-state index contributed by atoms with van der Waals surface area (Å²) >= 11 is 0. The topological polar surface area (TPSA) is 29.9 Å². The summed E-state index contributed by atoms with van der Waals surface area (Å²) in [5.41, 5.74) is 1.12. The lowest BCUT2D eigenvalue weighted by molar-refractivity contribution is 0.144. The number of aryl methyl sites for hydroxylation is 1. The van der Waals surface area contributed by atoms with Gasteiger partial charge in [-0.1, -0.05) is 20.8 Å². The van der Waals surface area contributed by atoms with Gasteiger partial charge in [-0.05, 0) is 44.2 Å². The number of rotatable bonds is 3. The third-order valence-electron chi connectivity index (χ3n) is 3.94. The molecule has 0 radical (unpaired) electrons. The van der Waals surface area contributed by atoms with Crippen molar-refractivity contribution in [3.63, 3.8) is 0 Å². The molecule has 0 aliphatic heterocycles. The molecule has 17 heavy (non-hydrogen) atoms. The highest BCUT2D eigenvalue weighted by molar-refractivity contribution is 5.00. The molecule has 3 nitrogen and oxygen atoms in total. The first-order valence-electron chi connectivity index (χ1n) is 6.87. The van der Waals surface area contributed by atoms with Gasteiger partial charge in [0, 0.05) is 12.2 Å². The average Bonchev–Trinajstić information content (AvgIpc) is 2.64. The van der Waals surface area contributed by atoms with Gasteiger partial charge in [-0.15, -0.1) is 0 Å². The minimum absolute atomic E-state index is 0.514. The average molecular weight is 235 g/mol. The van der Waals surface area contributed by atoms with Crippen LogP contribution in [0.15, 0.2) is 12.3 Å². The molecular formula is C14H25N3. The maximum absolute atomic E-state index is 4.62. The molecule has 1 N–H and O–H groups in total. The number of hydrogen-bond donors (Lipinski definition) is 1. The molecule has 0 spiro atoms. The quantitative estimate of drug-likeness (QED) is 0.873. The Bertz CT molecular complexity index is 358. The highest BCUT2D eigenvalue weighted by Crippen LogP contribution is 2.36. The molecule has 4 unspecified atom stereocenters. The van der Waals surface area contributed by atoms with Gasteiger partial charge in [0.25, 0.3) is 0 Å². The summed E-state index contributed by atoms with van der Waals surface area (Å²) in [4.78, 5) is 0. The second kappa shape index (κ2) is 5.21. The molecule has 96 valence electrons. The van der Waals surface area contributed by atoms with Crippen LogP contribution in [-0.4, -0.2) is 22.4 Å². The van der Waals surface area contributed by atoms with Crippen molar-refractivity contribution in [2.24, 2.45) is 11.8 Å². The molecule has 4 atom stereocenters. The Labute approximate surface area is 105 Å². The van der Waals surface area contributed by atoms with E-state index in [4.69, 9.17) is 0 Å². The molecule has 3 heteroatoms. The van der Waals surface area contributed by atoms with Crippen molar-refractivity contribution in [2.45, 2.75) is 52.6 Å². The molecule has 0 aromatic carbocycles. The molecule has 1 aromatic rings. The molecule has 0 bridgehead atoms. The van der Waals surface area contributed by atoms with Crippen LogP contribution in [0, 0.1) is 18.8 Å². The summed E-state index contributed by atoms with van der Waals surface area (Å²) in [5.74, 6) is 1.52. The van der Waals surface area contributed by atoms with Crippen LogP contribution in [0.25, 0.3) is 0 Å². The molecule has 1 aliphatic rings. The monoisotopic (exact) mass is 235 g/mol. The van der Waals surface area contributed by atoms with Gasteiger partial charge < -0.3 is 5.32 Å². The highest BCUT2D eigenvalue weighted by Gasteiger charge is 2.35. The second-order valence-electron chi connectivity index (χ2n) is 5.65. The van der Waals surface area contributed by atoms with E-state index in [-0.39, 0.29) is 0 Å². The van der Waals surface area contributed by atoms with Crippen LogP contribution >= 0.6 is 0 Å². The summed E-state index contributed by atoms with van der Waals surface area (Å²) in [5, 5.41) is 8.26. The normalized spacial score (nSPS) is 33.9. The Morgan fingerprint density at radius 2 is 2.18 bits per heavy atom. The van der Waals surface area contributed by atoms with Crippen LogP contribution in [0.1, 0.15) is 45.3 Å². The Morgan fingerprint density at radius 1 is 1.41 bits per heavy atom. The van der Waals surface area contributed by atoms with Gasteiger partial charge in [0.2, 0.25) is 0 Å². The Morgan fingerprint density at radius 3 is 2.76 bits per heavy atom. The number of aromatic nitrogens is 2. The van der Waals surface area contributed by atoms with E-state index in [2.05, 4.69) is 55.1 Å². The van der Waals surface area contributed by atoms with Crippen LogP contribution < -0.4 is 5.32 Å². The fourth-order valence-corrected chi connectivity index (χ4v) is 3.35. The van der Waals surface area contributed by atoms with Crippen molar-refractivity contribution in [3.05, 3.63) is 18.0 Å². The Kier molecular flexibility index (Phi) is 3.87. The smallest absolute Gasteiger partial charge is 0.0697 e. The number of likely N-dealkylation sites (N-methyl/N-ethyl adjacent to an activating group) is 1. The molecule has 2 rings (SSSR count). The molecule has 1 heterocycles. The first kappa shape index (κ1) is 12.6. The zero-order valence-electron chi connectivity index (χ0n) is 11.5. The lowest BCUT2D eigenvalue weighted by Gasteiger charge is -2.40. The summed E-state index contributed by atoms with van der Waals surface area (Å²) in [6, 6.07) is 3.19. The van der Waals surface area contributed by atoms with Gasteiger partial charge in [-0.25, -0.2) is 0 Å². The van der Waals surface area contributed by atoms with Crippen LogP contribution in [-0.2, 0) is 0 Å². The van der Waals surface area contributed by atoms with Gasteiger partial charge >= 0.3 is 0 Å². The molecule has 1 saturated carbocycles. The first-order chi connectivity index (χ1) is 8.11. The summed E-state index contributed by atoms with van der Waals surface area (Å²) in [6.07, 6.45) is 4.71. The SMILES string of the molecule is CCNC1CC(C)CC(C)C1n1ccc(C)n1. The van der Waals surface area contributed by atoms with E-state index in [0.29, 0.717) is 18.0 Å². The van der Waals surface area contributed by atoms with Crippen molar-refractivity contribution in [1.82, 2.24) is 15.1 Å². The van der Waals surface area contributed by atoms with E-state index in [1.54, 1.807) is 0 Å². The zero-order valence-corrected chi connectivity index (χ0v) is 11.5. The summed E-state index contributed by atoms with van der Waals surface area (Å²) in [7, 11) is 0. The number of hydrogen-bond acceptors (Lipinski definition) is 2. The van der Waals surface area contributed by atoms with Crippen LogP contribution in [0.4, 0.5) is 0 Å². The fraction of sp³-hybridized carbons (Fsp3) is 0.786. The Hall–Kier alpha value is -0.830. The minimum atomic E-state index is 0.514. The van der Waals surface area contributed by atoms with E-state index in [0.717, 1.165) is 18.2 Å². The van der Waals surface area contributed by atoms with E-state index in [9.17, 15) is 0 Å². The third kappa shape index (κ3) is 2.71. The highest BCUT2D eigenvalue weighted by atomic mass is 15.3. The van der Waals surface area contributed by atoms with E-state index < -0.39 is 0 Å². The predicted molar refractivity (Wildman–Crippen MR) is 71.0 cm³/mol. The molecule has 0 amide bonds. The van der Waals surface area contributed by atoms with Crippen molar-refractivity contribution in [3.8, 4) is 0 Å². The van der Waals surface area contributed by atoms with Crippen LogP contribution in [0.2, 0.25) is 0 Å². The standard InChI is InChI=1S/C14H25N3/c1-5-15-13-9-10(2)8-11(3)14(13)17-7-6-12(4)16-17/h6-7,10-11,13-15H,5,8-9H2,1-4H3. The number of nitrogens with one attached hydrogen (secondary N) is 1. The maximum atomic E-state index is 4.62. The lowest BCUT2D eigenvalue weighted by atomic mass is 9.76. The largest absolute Gasteiger partial charge is 0.312 e. The minimum Gasteiger partial charge on any atom is -0.312 e. The van der Waals surface area contributed by atoms with Crippen molar-refractivity contribution in [2.75, 3.05) is 6.54 Å². The van der Waals surface area contributed by atoms with Crippen LogP contribution in [0.5, 0.6) is 0 Å². The Balaban J connectivity index is 2.21. The predicted octanol–water partition coefficient (Wildman–Crippen LogP) is 2.78. The van der Waals surface area contributed by atoms with Crippen molar-refractivity contribution in [1.29, 1.82) is 0 Å². The van der Waals surface area contributed by atoms with E-state index in [1.165, 1.54) is 12.8 Å². The third-order valence-corrected chi connectivity index (χ3v) is 3.94. The van der Waals surface area contributed by atoms with E-state index >= 15 is 0 Å². The van der Waals surface area contributed by atoms with Gasteiger partial charge in [-0.3, -0.25) is 4.68 Å². The van der Waals surface area contributed by atoms with E-state index in [1.807, 2.05) is 0 Å². The molecule has 1 fully saturated rings. The second-order valence-corrected chi connectivity index (χ2v) is 5.65. The number of nitrogens with zero attached hydrogens (tertiary/aromatic N) is 2. The summed E-state index contributed by atoms with van der Waals surface area (Å²) < 4.78 is 2.18. The maximum Gasteiger partial charge on any atom is 0.0697 e. The molecule has 1 aliphatic carbocycles. The van der Waals surface area contributed by atoms with Crippen LogP contribution in [0.3, 0.4) is 0 Å². The zero-order chi connectivity index (χ0) is 12.4. The van der Waals surface area contributed by atoms with Gasteiger partial charge in [0.05, 0.1) is 11.7 Å². The van der Waals surface area contributed by atoms with Gasteiger partial charge in [0.1, 0.15) is 0 Å². The summed E-state index contributed by atoms with van der Waals surface area (Å²) in [6.45, 7) is 10.0. The van der Waals surface area contributed by atoms with Gasteiger partial charge in [-0.2, -0.15) is 5.10 Å². The van der Waals surface area contributed by atoms with Gasteiger partial charge in [0.15, 0.2) is 0 Å². The first-order valence-corrected chi connectivity index (χ1v) is 6.87. The molecule has 0 saturated heterocycles. The fourth-order valence-electron chi connectivity index (χ4n) is 3.35. The van der Waals surface area contributed by atoms with Crippen molar-refractivity contribution >= 4 is 0 Å². The van der Waals surface area contributed by atoms with Crippen molar-refractivity contribution < 1.29 is 0 Å². The lowest BCUT2D eigenvalue weighted by Crippen LogP contribution is -2.45. The molecular weight excluding hydrogens is 210 g/mol.